The number of carbonyl (C=O) groups excluding carboxylic acids is 4. The van der Waals surface area contributed by atoms with Gasteiger partial charge in [0, 0.05) is 24.5 Å². The average molecular weight is 594 g/mol. The number of halogens is 2. The van der Waals surface area contributed by atoms with Crippen LogP contribution in [0.4, 0.5) is 16.2 Å². The van der Waals surface area contributed by atoms with Crippen LogP contribution in [0.3, 0.4) is 0 Å². The van der Waals surface area contributed by atoms with E-state index in [1.165, 1.54) is 18.2 Å². The summed E-state index contributed by atoms with van der Waals surface area (Å²) >= 11 is 13.2. The van der Waals surface area contributed by atoms with Gasteiger partial charge in [-0.05, 0) is 66.7 Å². The lowest BCUT2D eigenvalue weighted by Gasteiger charge is -2.28. The number of ether oxygens (including phenoxy) is 3. The van der Waals surface area contributed by atoms with Gasteiger partial charge in [0.1, 0.15) is 6.54 Å². The number of imide groups is 1. The van der Waals surface area contributed by atoms with Crippen molar-refractivity contribution in [1.82, 2.24) is 4.90 Å². The Hall–Kier alpha value is -3.25. The molecule has 0 bridgehead atoms. The predicted molar refractivity (Wildman–Crippen MR) is 149 cm³/mol. The molecule has 0 unspecified atom stereocenters. The Morgan fingerprint density at radius 3 is 2.41 bits per heavy atom. The number of carbonyl (C=O) groups is 4. The number of anilines is 2. The van der Waals surface area contributed by atoms with E-state index in [2.05, 4.69) is 10.2 Å². The quantitative estimate of drug-likeness (QED) is 0.332. The molecule has 10 nitrogen and oxygen atoms in total. The van der Waals surface area contributed by atoms with E-state index < -0.39 is 29.6 Å². The monoisotopic (exact) mass is 593 g/mol. The Morgan fingerprint density at radius 1 is 1.10 bits per heavy atom. The van der Waals surface area contributed by atoms with Gasteiger partial charge in [-0.25, -0.2) is 4.79 Å². The Kier molecular flexibility index (Phi) is 9.73. The second-order valence-electron chi connectivity index (χ2n) is 8.37. The van der Waals surface area contributed by atoms with E-state index in [1.807, 2.05) is 12.1 Å². The van der Waals surface area contributed by atoms with E-state index in [1.54, 1.807) is 19.1 Å². The molecule has 0 aliphatic carbocycles. The van der Waals surface area contributed by atoms with Crippen molar-refractivity contribution >= 4 is 75.4 Å². The minimum Gasteiger partial charge on any atom is -0.479 e. The summed E-state index contributed by atoms with van der Waals surface area (Å²) in [6.07, 6.45) is 1.44. The summed E-state index contributed by atoms with van der Waals surface area (Å²) in [6, 6.07) is 10.3. The molecule has 4 rings (SSSR count). The number of nitrogens with one attached hydrogen (secondary N) is 1. The molecule has 3 amide bonds. The number of thioether (sulfide) groups is 1. The maximum Gasteiger partial charge on any atom is 0.344 e. The van der Waals surface area contributed by atoms with Crippen LogP contribution in [-0.2, 0) is 23.9 Å². The van der Waals surface area contributed by atoms with Crippen molar-refractivity contribution in [1.29, 1.82) is 0 Å². The summed E-state index contributed by atoms with van der Waals surface area (Å²) in [6.45, 7) is 4.01. The lowest BCUT2D eigenvalue weighted by Crippen LogP contribution is -2.36. The standard InChI is InChI=1S/C26H25Cl2N3O7S/c1-2-37-23(33)15-38-24-19(27)11-16(12-20(24)28)13-21-25(34)31(26(35)39-21)14-22(32)29-17-3-5-18(6-4-17)30-7-9-36-10-8-30/h3-6,11-13H,2,7-10,14-15H2,1H3,(H,29,32)/b21-13-. The summed E-state index contributed by atoms with van der Waals surface area (Å²) in [4.78, 5) is 52.7. The zero-order valence-electron chi connectivity index (χ0n) is 20.9. The molecule has 2 aliphatic rings. The van der Waals surface area contributed by atoms with Gasteiger partial charge in [0.05, 0.1) is 34.8 Å². The lowest BCUT2D eigenvalue weighted by molar-refractivity contribution is -0.145. The molecule has 0 aromatic heterocycles. The predicted octanol–water partition coefficient (Wildman–Crippen LogP) is 4.45. The first-order chi connectivity index (χ1) is 18.7. The fourth-order valence-corrected chi connectivity index (χ4v) is 5.29. The van der Waals surface area contributed by atoms with Crippen LogP contribution in [0.1, 0.15) is 12.5 Å². The lowest BCUT2D eigenvalue weighted by atomic mass is 10.2. The van der Waals surface area contributed by atoms with E-state index in [0.717, 1.165) is 23.7 Å². The van der Waals surface area contributed by atoms with Crippen molar-refractivity contribution < 1.29 is 33.4 Å². The number of hydrogen-bond acceptors (Lipinski definition) is 9. The van der Waals surface area contributed by atoms with Gasteiger partial charge in [0.25, 0.3) is 11.1 Å². The van der Waals surface area contributed by atoms with E-state index >= 15 is 0 Å². The van der Waals surface area contributed by atoms with Crippen molar-refractivity contribution in [2.75, 3.05) is 56.3 Å². The number of esters is 1. The second-order valence-corrected chi connectivity index (χ2v) is 10.2. The Balaban J connectivity index is 1.37. The number of morpholine rings is 1. The zero-order valence-corrected chi connectivity index (χ0v) is 23.2. The SMILES string of the molecule is CCOC(=O)COc1c(Cl)cc(/C=C2\SC(=O)N(CC(=O)Nc3ccc(N4CCOCC4)cc3)C2=O)cc1Cl. The van der Waals surface area contributed by atoms with E-state index in [9.17, 15) is 19.2 Å². The van der Waals surface area contributed by atoms with E-state index in [4.69, 9.17) is 37.4 Å². The first-order valence-corrected chi connectivity index (χ1v) is 13.6. The van der Waals surface area contributed by atoms with Crippen LogP contribution in [-0.4, -0.2) is 74.0 Å². The molecule has 13 heteroatoms. The van der Waals surface area contributed by atoms with Gasteiger partial charge in [-0.1, -0.05) is 23.2 Å². The molecule has 1 N–H and O–H groups in total. The normalized spacial score (nSPS) is 16.5. The van der Waals surface area contributed by atoms with Crippen molar-refractivity contribution in [2.45, 2.75) is 6.92 Å². The maximum atomic E-state index is 12.9. The summed E-state index contributed by atoms with van der Waals surface area (Å²) < 4.78 is 15.5. The average Bonchev–Trinajstić information content (AvgIpc) is 3.16. The van der Waals surface area contributed by atoms with Gasteiger partial charge in [-0.3, -0.25) is 19.3 Å². The molecular formula is C26H25Cl2N3O7S. The molecule has 0 saturated carbocycles. The summed E-state index contributed by atoms with van der Waals surface area (Å²) in [5.74, 6) is -1.60. The number of amides is 3. The molecule has 2 aliphatic heterocycles. The van der Waals surface area contributed by atoms with Gasteiger partial charge in [-0.2, -0.15) is 0 Å². The highest BCUT2D eigenvalue weighted by atomic mass is 35.5. The molecule has 0 spiro atoms. The Bertz CT molecular complexity index is 1270. The zero-order chi connectivity index (χ0) is 27.9. The van der Waals surface area contributed by atoms with E-state index in [-0.39, 0.29) is 33.9 Å². The molecule has 39 heavy (non-hydrogen) atoms. The highest BCUT2D eigenvalue weighted by Crippen LogP contribution is 2.37. The largest absolute Gasteiger partial charge is 0.479 e. The van der Waals surface area contributed by atoms with Crippen molar-refractivity contribution in [2.24, 2.45) is 0 Å². The van der Waals surface area contributed by atoms with Gasteiger partial charge < -0.3 is 24.4 Å². The first-order valence-electron chi connectivity index (χ1n) is 12.0. The van der Waals surface area contributed by atoms with Gasteiger partial charge in [0.15, 0.2) is 12.4 Å². The second kappa shape index (κ2) is 13.2. The van der Waals surface area contributed by atoms with Gasteiger partial charge in [-0.15, -0.1) is 0 Å². The van der Waals surface area contributed by atoms with Crippen molar-refractivity contribution in [3.05, 3.63) is 56.9 Å². The topological polar surface area (TPSA) is 114 Å². The smallest absolute Gasteiger partial charge is 0.344 e. The molecule has 2 heterocycles. The minimum absolute atomic E-state index is 0.0892. The number of benzene rings is 2. The molecule has 2 aromatic rings. The van der Waals surface area contributed by atoms with Crippen LogP contribution in [0.25, 0.3) is 6.08 Å². The minimum atomic E-state index is -0.613. The van der Waals surface area contributed by atoms with Gasteiger partial charge >= 0.3 is 5.97 Å². The summed E-state index contributed by atoms with van der Waals surface area (Å²) in [7, 11) is 0. The van der Waals surface area contributed by atoms with Crippen molar-refractivity contribution in [3.8, 4) is 5.75 Å². The number of nitrogens with zero attached hydrogens (tertiary/aromatic N) is 2. The third kappa shape index (κ3) is 7.45. The molecular weight excluding hydrogens is 569 g/mol. The fourth-order valence-electron chi connectivity index (χ4n) is 3.84. The third-order valence-electron chi connectivity index (χ3n) is 5.66. The molecule has 0 radical (unpaired) electrons. The van der Waals surface area contributed by atoms with Crippen LogP contribution < -0.4 is 15.0 Å². The van der Waals surface area contributed by atoms with Crippen LogP contribution in [0.5, 0.6) is 5.75 Å². The van der Waals surface area contributed by atoms with Gasteiger partial charge in [0.2, 0.25) is 5.91 Å². The van der Waals surface area contributed by atoms with Crippen LogP contribution in [0.2, 0.25) is 10.0 Å². The molecule has 2 saturated heterocycles. The third-order valence-corrected chi connectivity index (χ3v) is 7.13. The highest BCUT2D eigenvalue weighted by Gasteiger charge is 2.36. The maximum absolute atomic E-state index is 12.9. The molecule has 0 atom stereocenters. The Morgan fingerprint density at radius 2 is 1.77 bits per heavy atom. The Labute approximate surface area is 239 Å². The van der Waals surface area contributed by atoms with Crippen LogP contribution >= 0.6 is 35.0 Å². The fraction of sp³-hybridized carbons (Fsp3) is 0.308. The highest BCUT2D eigenvalue weighted by molar-refractivity contribution is 8.18. The molecule has 2 aromatic carbocycles. The van der Waals surface area contributed by atoms with Crippen molar-refractivity contribution in [3.63, 3.8) is 0 Å². The van der Waals surface area contributed by atoms with Crippen LogP contribution in [0, 0.1) is 0 Å². The number of rotatable bonds is 9. The number of hydrogen-bond donors (Lipinski definition) is 1. The molecule has 2 fully saturated rings. The molecule has 206 valence electrons. The summed E-state index contributed by atoms with van der Waals surface area (Å²) in [5, 5.41) is 2.36. The van der Waals surface area contributed by atoms with E-state index in [0.29, 0.717) is 36.2 Å². The first kappa shape index (κ1) is 28.8. The summed E-state index contributed by atoms with van der Waals surface area (Å²) in [5.41, 5.74) is 2.00. The van der Waals surface area contributed by atoms with Crippen LogP contribution in [0.15, 0.2) is 41.3 Å².